The molecule has 1 N–H and O–H groups in total. The molecule has 4 aliphatic carbocycles. The zero-order valence-electron chi connectivity index (χ0n) is 15.8. The van der Waals surface area contributed by atoms with Gasteiger partial charge < -0.3 is 14.7 Å². The minimum Gasteiger partial charge on any atom is -0.389 e. The van der Waals surface area contributed by atoms with Gasteiger partial charge in [0.2, 0.25) is 0 Å². The van der Waals surface area contributed by atoms with Gasteiger partial charge in [-0.05, 0) is 80.0 Å². The van der Waals surface area contributed by atoms with E-state index in [2.05, 4.69) is 18.7 Å². The molecule has 24 heavy (non-hydrogen) atoms. The summed E-state index contributed by atoms with van der Waals surface area (Å²) in [5.41, 5.74) is 0.475. The second-order valence-electron chi connectivity index (χ2n) is 10.3. The van der Waals surface area contributed by atoms with E-state index in [9.17, 15) is 5.11 Å². The van der Waals surface area contributed by atoms with Crippen LogP contribution in [0.4, 0.5) is 0 Å². The summed E-state index contributed by atoms with van der Waals surface area (Å²) in [7, 11) is 0. The molecule has 5 aliphatic rings. The molecule has 5 fully saturated rings. The van der Waals surface area contributed by atoms with Crippen molar-refractivity contribution in [3.63, 3.8) is 0 Å². The standard InChI is InChI=1S/C21H37NO2/c1-15-3-16(2)11-22(10-15)12-20(23)13-24-14-21-7-17-4-18(8-21)6-19(5-17)9-21/h15-20,23H,3-14H2,1-2H3/t15-,16-,17?,18?,19?,20-,21?/m0/s1. The molecule has 0 radical (unpaired) electrons. The highest BCUT2D eigenvalue weighted by Gasteiger charge is 2.50. The molecule has 138 valence electrons. The van der Waals surface area contributed by atoms with Gasteiger partial charge in [0, 0.05) is 19.6 Å². The number of likely N-dealkylation sites (tertiary alicyclic amines) is 1. The Labute approximate surface area is 148 Å². The van der Waals surface area contributed by atoms with Crippen molar-refractivity contribution in [2.45, 2.75) is 64.9 Å². The molecule has 3 heteroatoms. The quantitative estimate of drug-likeness (QED) is 0.805. The Kier molecular flexibility index (Phi) is 4.96. The van der Waals surface area contributed by atoms with Crippen molar-refractivity contribution in [3.8, 4) is 0 Å². The summed E-state index contributed by atoms with van der Waals surface area (Å²) in [6.07, 6.45) is 9.68. The first-order valence-corrected chi connectivity index (χ1v) is 10.5. The number of ether oxygens (including phenoxy) is 1. The third kappa shape index (κ3) is 3.83. The van der Waals surface area contributed by atoms with Crippen molar-refractivity contribution < 1.29 is 9.84 Å². The van der Waals surface area contributed by atoms with Gasteiger partial charge in [-0.15, -0.1) is 0 Å². The first-order valence-electron chi connectivity index (χ1n) is 10.5. The van der Waals surface area contributed by atoms with Gasteiger partial charge in [0.15, 0.2) is 0 Å². The summed E-state index contributed by atoms with van der Waals surface area (Å²) in [5.74, 6) is 4.48. The molecule has 0 aromatic carbocycles. The summed E-state index contributed by atoms with van der Waals surface area (Å²) in [6.45, 7) is 9.15. The number of hydrogen-bond acceptors (Lipinski definition) is 3. The van der Waals surface area contributed by atoms with E-state index in [4.69, 9.17) is 4.74 Å². The van der Waals surface area contributed by atoms with Crippen LogP contribution in [0, 0.1) is 35.0 Å². The van der Waals surface area contributed by atoms with Gasteiger partial charge in [-0.25, -0.2) is 0 Å². The minimum absolute atomic E-state index is 0.323. The molecule has 1 aliphatic heterocycles. The van der Waals surface area contributed by atoms with Gasteiger partial charge in [0.05, 0.1) is 19.3 Å². The van der Waals surface area contributed by atoms with E-state index in [1.54, 1.807) is 0 Å². The molecule has 0 aromatic heterocycles. The van der Waals surface area contributed by atoms with E-state index in [1.807, 2.05) is 0 Å². The fraction of sp³-hybridized carbons (Fsp3) is 1.00. The fourth-order valence-electron chi connectivity index (χ4n) is 7.17. The number of aliphatic hydroxyl groups is 1. The maximum Gasteiger partial charge on any atom is 0.0900 e. The van der Waals surface area contributed by atoms with Crippen molar-refractivity contribution in [1.82, 2.24) is 4.90 Å². The van der Waals surface area contributed by atoms with Crippen molar-refractivity contribution >= 4 is 0 Å². The second-order valence-corrected chi connectivity index (χ2v) is 10.3. The second kappa shape index (κ2) is 6.89. The molecule has 0 unspecified atom stereocenters. The largest absolute Gasteiger partial charge is 0.389 e. The van der Waals surface area contributed by atoms with Crippen LogP contribution in [0.25, 0.3) is 0 Å². The maximum absolute atomic E-state index is 10.4. The van der Waals surface area contributed by atoms with Crippen LogP contribution in [0.3, 0.4) is 0 Å². The molecular formula is C21H37NO2. The molecule has 5 rings (SSSR count). The normalized spacial score (nSPS) is 46.4. The van der Waals surface area contributed by atoms with Crippen LogP contribution in [0.1, 0.15) is 58.8 Å². The lowest BCUT2D eigenvalue weighted by Crippen LogP contribution is -2.48. The number of nitrogens with zero attached hydrogens (tertiary/aromatic N) is 1. The first kappa shape index (κ1) is 17.3. The van der Waals surface area contributed by atoms with E-state index in [-0.39, 0.29) is 6.10 Å². The molecule has 1 heterocycles. The van der Waals surface area contributed by atoms with E-state index in [0.29, 0.717) is 12.0 Å². The highest BCUT2D eigenvalue weighted by molar-refractivity contribution is 5.01. The molecule has 3 nitrogen and oxygen atoms in total. The van der Waals surface area contributed by atoms with Gasteiger partial charge in [-0.1, -0.05) is 13.8 Å². The highest BCUT2D eigenvalue weighted by atomic mass is 16.5. The molecule has 0 aromatic rings. The molecular weight excluding hydrogens is 298 g/mol. The van der Waals surface area contributed by atoms with Crippen LogP contribution in [0.5, 0.6) is 0 Å². The average Bonchev–Trinajstić information content (AvgIpc) is 2.44. The molecule has 4 saturated carbocycles. The maximum atomic E-state index is 10.4. The van der Waals surface area contributed by atoms with Crippen LogP contribution < -0.4 is 0 Å². The fourth-order valence-corrected chi connectivity index (χ4v) is 7.17. The number of aliphatic hydroxyl groups excluding tert-OH is 1. The number of piperidine rings is 1. The van der Waals surface area contributed by atoms with Gasteiger partial charge in [-0.3, -0.25) is 0 Å². The van der Waals surface area contributed by atoms with Gasteiger partial charge in [0.25, 0.3) is 0 Å². The third-order valence-corrected chi connectivity index (χ3v) is 7.30. The Hall–Kier alpha value is -0.120. The lowest BCUT2D eigenvalue weighted by molar-refractivity contribution is -0.107. The SMILES string of the molecule is C[C@H]1C[C@H](C)CN(C[C@H](O)COCC23CC4CC(CC(C4)C2)C3)C1. The number of β-amino-alcohol motifs (C(OH)–C–C–N with tert-alkyl or cyclic N) is 1. The highest BCUT2D eigenvalue weighted by Crippen LogP contribution is 2.60. The van der Waals surface area contributed by atoms with Crippen LogP contribution in [-0.2, 0) is 4.74 Å². The zero-order chi connectivity index (χ0) is 16.7. The molecule has 0 amide bonds. The molecule has 4 bridgehead atoms. The van der Waals surface area contributed by atoms with Crippen molar-refractivity contribution in [2.75, 3.05) is 32.8 Å². The van der Waals surface area contributed by atoms with Gasteiger partial charge in [0.1, 0.15) is 0 Å². The summed E-state index contributed by atoms with van der Waals surface area (Å²) >= 11 is 0. The van der Waals surface area contributed by atoms with Crippen molar-refractivity contribution in [1.29, 1.82) is 0 Å². The van der Waals surface area contributed by atoms with Crippen LogP contribution in [0.2, 0.25) is 0 Å². The summed E-state index contributed by atoms with van der Waals surface area (Å²) < 4.78 is 6.10. The smallest absolute Gasteiger partial charge is 0.0900 e. The minimum atomic E-state index is -0.323. The van der Waals surface area contributed by atoms with E-state index < -0.39 is 0 Å². The Morgan fingerprint density at radius 2 is 1.50 bits per heavy atom. The molecule has 3 atom stereocenters. The summed E-state index contributed by atoms with van der Waals surface area (Å²) in [4.78, 5) is 2.44. The van der Waals surface area contributed by atoms with Crippen molar-refractivity contribution in [3.05, 3.63) is 0 Å². The lowest BCUT2D eigenvalue weighted by atomic mass is 9.50. The number of hydrogen-bond donors (Lipinski definition) is 1. The predicted octanol–water partition coefficient (Wildman–Crippen LogP) is 3.56. The van der Waals surface area contributed by atoms with Crippen molar-refractivity contribution in [2.24, 2.45) is 35.0 Å². The van der Waals surface area contributed by atoms with Gasteiger partial charge in [-0.2, -0.15) is 0 Å². The van der Waals surface area contributed by atoms with E-state index >= 15 is 0 Å². The Balaban J connectivity index is 1.21. The summed E-state index contributed by atoms with van der Waals surface area (Å²) in [6, 6.07) is 0. The van der Waals surface area contributed by atoms with Crippen LogP contribution in [0.15, 0.2) is 0 Å². The topological polar surface area (TPSA) is 32.7 Å². The first-order chi connectivity index (χ1) is 11.5. The molecule has 0 spiro atoms. The Morgan fingerprint density at radius 1 is 0.958 bits per heavy atom. The average molecular weight is 336 g/mol. The van der Waals surface area contributed by atoms with Crippen LogP contribution >= 0.6 is 0 Å². The zero-order valence-corrected chi connectivity index (χ0v) is 15.8. The Morgan fingerprint density at radius 3 is 2.04 bits per heavy atom. The lowest BCUT2D eigenvalue weighted by Gasteiger charge is -2.56. The monoisotopic (exact) mass is 335 g/mol. The van der Waals surface area contributed by atoms with Gasteiger partial charge >= 0.3 is 0 Å². The Bertz CT molecular complexity index is 392. The third-order valence-electron chi connectivity index (χ3n) is 7.30. The number of rotatable bonds is 6. The van der Waals surface area contributed by atoms with E-state index in [1.165, 1.54) is 44.9 Å². The van der Waals surface area contributed by atoms with Crippen LogP contribution in [-0.4, -0.2) is 49.0 Å². The predicted molar refractivity (Wildman–Crippen MR) is 96.8 cm³/mol. The van der Waals surface area contributed by atoms with E-state index in [0.717, 1.165) is 55.8 Å². The molecule has 1 saturated heterocycles. The summed E-state index contributed by atoms with van der Waals surface area (Å²) in [5, 5.41) is 10.4.